The summed E-state index contributed by atoms with van der Waals surface area (Å²) in [5.41, 5.74) is 11.5. The number of rotatable bonds is 9. The molecule has 4 rings (SSSR count). The molecule has 0 aliphatic carbocycles. The average Bonchev–Trinajstić information content (AvgIpc) is 2.96. The maximum atomic E-state index is 13.2. The summed E-state index contributed by atoms with van der Waals surface area (Å²) < 4.78 is -1.62. The van der Waals surface area contributed by atoms with Gasteiger partial charge in [0.25, 0.3) is 5.91 Å². The lowest BCUT2D eigenvalue weighted by molar-refractivity contribution is -0.139. The number of carboxylic acids is 1. The lowest BCUT2D eigenvalue weighted by Gasteiger charge is -2.36. The van der Waals surface area contributed by atoms with Crippen molar-refractivity contribution < 1.29 is 14.7 Å². The van der Waals surface area contributed by atoms with Crippen molar-refractivity contribution in [2.75, 3.05) is 18.0 Å². The van der Waals surface area contributed by atoms with E-state index in [2.05, 4.69) is 15.2 Å². The summed E-state index contributed by atoms with van der Waals surface area (Å²) >= 11 is 18.2. The Bertz CT molecular complexity index is 1360. The second kappa shape index (κ2) is 13.4. The summed E-state index contributed by atoms with van der Waals surface area (Å²) in [5, 5.41) is 12.6. The number of carbonyl (C=O) groups is 2. The van der Waals surface area contributed by atoms with Gasteiger partial charge in [-0.05, 0) is 73.1 Å². The number of piperidine rings is 1. The second-order valence-electron chi connectivity index (χ2n) is 10.5. The molecule has 218 valence electrons. The number of hydrogen-bond acceptors (Lipinski definition) is 5. The van der Waals surface area contributed by atoms with E-state index in [-0.39, 0.29) is 12.5 Å². The average molecular weight is 618 g/mol. The van der Waals surface area contributed by atoms with Crippen LogP contribution in [0, 0.1) is 12.8 Å². The Hall–Kier alpha value is -2.84. The van der Waals surface area contributed by atoms with Crippen LogP contribution < -0.4 is 16.0 Å². The number of aliphatic carboxylic acids is 1. The van der Waals surface area contributed by atoms with Crippen LogP contribution in [0.15, 0.2) is 60.8 Å². The van der Waals surface area contributed by atoms with Gasteiger partial charge in [0.15, 0.2) is 0 Å². The van der Waals surface area contributed by atoms with Gasteiger partial charge in [-0.3, -0.25) is 9.78 Å². The quantitative estimate of drug-likeness (QED) is 0.250. The molecule has 41 heavy (non-hydrogen) atoms. The number of nitrogens with zero attached hydrogens (tertiary/aromatic N) is 2. The van der Waals surface area contributed by atoms with Gasteiger partial charge in [-0.2, -0.15) is 0 Å². The number of nitrogens with two attached hydrogens (primary N) is 1. The number of halogens is 3. The third-order valence-electron chi connectivity index (χ3n) is 7.77. The van der Waals surface area contributed by atoms with Gasteiger partial charge in [0.05, 0.1) is 5.69 Å². The van der Waals surface area contributed by atoms with Crippen molar-refractivity contribution in [1.29, 1.82) is 0 Å². The fourth-order valence-corrected chi connectivity index (χ4v) is 5.80. The molecule has 2 heterocycles. The smallest absolute Gasteiger partial charge is 0.326 e. The van der Waals surface area contributed by atoms with Crippen LogP contribution in [0.1, 0.15) is 64.1 Å². The van der Waals surface area contributed by atoms with Crippen LogP contribution in [-0.2, 0) is 21.4 Å². The molecule has 0 bridgehead atoms. The third-order valence-corrected chi connectivity index (χ3v) is 8.43. The number of aryl methyl sites for hydroxylation is 2. The minimum absolute atomic E-state index is 0.0754. The van der Waals surface area contributed by atoms with Gasteiger partial charge in [0, 0.05) is 48.6 Å². The number of aromatic nitrogens is 1. The summed E-state index contributed by atoms with van der Waals surface area (Å²) in [7, 11) is 0. The minimum Gasteiger partial charge on any atom is -0.480 e. The lowest BCUT2D eigenvalue weighted by atomic mass is 9.87. The molecule has 0 radical (unpaired) electrons. The van der Waals surface area contributed by atoms with Gasteiger partial charge in [-0.15, -0.1) is 0 Å². The Balaban J connectivity index is 1.39. The van der Waals surface area contributed by atoms with E-state index in [0.717, 1.165) is 42.9 Å². The van der Waals surface area contributed by atoms with Gasteiger partial charge in [-0.1, -0.05) is 72.1 Å². The van der Waals surface area contributed by atoms with Crippen molar-refractivity contribution in [2.45, 2.75) is 55.4 Å². The molecule has 10 heteroatoms. The van der Waals surface area contributed by atoms with Gasteiger partial charge < -0.3 is 21.1 Å². The summed E-state index contributed by atoms with van der Waals surface area (Å²) in [5.74, 6) is -1.20. The first-order valence-electron chi connectivity index (χ1n) is 13.7. The Labute approximate surface area is 256 Å². The maximum Gasteiger partial charge on any atom is 0.326 e. The van der Waals surface area contributed by atoms with Gasteiger partial charge in [0.2, 0.25) is 3.79 Å². The van der Waals surface area contributed by atoms with Crippen molar-refractivity contribution in [3.8, 4) is 0 Å². The summed E-state index contributed by atoms with van der Waals surface area (Å²) in [6.07, 6.45) is 4.38. The largest absolute Gasteiger partial charge is 0.480 e. The fraction of sp³-hybridized carbons (Fsp3) is 0.387. The van der Waals surface area contributed by atoms with Crippen molar-refractivity contribution in [2.24, 2.45) is 11.7 Å². The zero-order valence-corrected chi connectivity index (χ0v) is 25.4. The summed E-state index contributed by atoms with van der Waals surface area (Å²) in [4.78, 5) is 32.1. The highest BCUT2D eigenvalue weighted by atomic mass is 35.6. The summed E-state index contributed by atoms with van der Waals surface area (Å²) in [6.45, 7) is 5.40. The van der Waals surface area contributed by atoms with Crippen LogP contribution in [-0.4, -0.2) is 41.1 Å². The fourth-order valence-electron chi connectivity index (χ4n) is 5.47. The monoisotopic (exact) mass is 616 g/mol. The van der Waals surface area contributed by atoms with Crippen molar-refractivity contribution in [1.82, 2.24) is 10.3 Å². The standard InChI is InChI=1S/C31H35Cl3N4O3/c1-3-21-18-23(31(32,33)34)16-19(2)27(21)29(39)37-26(30(40)41)17-20-7-9-24(10-8-20)38-14-11-22(12-15-38)28(35)25-6-4-5-13-36-25/h4-10,13,16,18,22,26,28H,3,11-12,14-15,17,35H2,1-2H3,(H,37,39)(H,40,41). The van der Waals surface area contributed by atoms with E-state index in [4.69, 9.17) is 40.5 Å². The van der Waals surface area contributed by atoms with Crippen LogP contribution in [0.4, 0.5) is 5.69 Å². The highest BCUT2D eigenvalue weighted by Gasteiger charge is 2.29. The molecule has 1 aromatic heterocycles. The molecule has 1 amide bonds. The number of pyridine rings is 1. The van der Waals surface area contributed by atoms with Crippen LogP contribution >= 0.6 is 34.8 Å². The SMILES string of the molecule is CCc1cc(C(Cl)(Cl)Cl)cc(C)c1C(=O)NC(Cc1ccc(N2CCC(C(N)c3ccccn3)CC2)cc1)C(=O)O. The number of benzene rings is 2. The van der Waals surface area contributed by atoms with Crippen LogP contribution in [0.3, 0.4) is 0 Å². The van der Waals surface area contributed by atoms with Crippen LogP contribution in [0.5, 0.6) is 0 Å². The number of carboxylic acid groups (broad SMARTS) is 1. The molecule has 2 unspecified atom stereocenters. The number of anilines is 1. The van der Waals surface area contributed by atoms with Crippen molar-refractivity contribution >= 4 is 52.4 Å². The number of carbonyl (C=O) groups excluding carboxylic acids is 1. The number of amides is 1. The Morgan fingerprint density at radius 2 is 1.80 bits per heavy atom. The molecular formula is C31H35Cl3N4O3. The van der Waals surface area contributed by atoms with Gasteiger partial charge >= 0.3 is 5.97 Å². The number of alkyl halides is 3. The Kier molecular flexibility index (Phi) is 10.2. The Morgan fingerprint density at radius 3 is 2.37 bits per heavy atom. The van der Waals surface area contributed by atoms with E-state index in [0.29, 0.717) is 34.6 Å². The lowest BCUT2D eigenvalue weighted by Crippen LogP contribution is -2.43. The normalized spacial score (nSPS) is 15.8. The number of hydrogen-bond donors (Lipinski definition) is 3. The van der Waals surface area contributed by atoms with Gasteiger partial charge in [-0.25, -0.2) is 4.79 Å². The highest BCUT2D eigenvalue weighted by Crippen LogP contribution is 2.40. The van der Waals surface area contributed by atoms with E-state index < -0.39 is 21.7 Å². The predicted molar refractivity (Wildman–Crippen MR) is 165 cm³/mol. The first kappa shape index (κ1) is 31.1. The van der Waals surface area contributed by atoms with Crippen molar-refractivity contribution in [3.05, 3.63) is 94.3 Å². The number of nitrogens with one attached hydrogen (secondary N) is 1. The molecule has 7 nitrogen and oxygen atoms in total. The molecule has 0 spiro atoms. The van der Waals surface area contributed by atoms with E-state index in [1.807, 2.05) is 49.4 Å². The molecule has 1 aliphatic heterocycles. The molecule has 2 atom stereocenters. The topological polar surface area (TPSA) is 109 Å². The predicted octanol–water partition coefficient (Wildman–Crippen LogP) is 6.12. The zero-order chi connectivity index (χ0) is 29.7. The second-order valence-corrected chi connectivity index (χ2v) is 12.8. The van der Waals surface area contributed by atoms with Crippen LogP contribution in [0.25, 0.3) is 0 Å². The van der Waals surface area contributed by atoms with E-state index >= 15 is 0 Å². The van der Waals surface area contributed by atoms with Gasteiger partial charge in [0.1, 0.15) is 6.04 Å². The molecule has 1 aliphatic rings. The zero-order valence-electron chi connectivity index (χ0n) is 23.1. The third kappa shape index (κ3) is 7.72. The molecular weight excluding hydrogens is 583 g/mol. The van der Waals surface area contributed by atoms with Crippen LogP contribution in [0.2, 0.25) is 0 Å². The van der Waals surface area contributed by atoms with E-state index in [9.17, 15) is 14.7 Å². The first-order chi connectivity index (χ1) is 19.5. The highest BCUT2D eigenvalue weighted by molar-refractivity contribution is 6.66. The van der Waals surface area contributed by atoms with E-state index in [1.54, 1.807) is 25.3 Å². The molecule has 3 aromatic rings. The molecule has 2 aromatic carbocycles. The first-order valence-corrected chi connectivity index (χ1v) is 14.9. The minimum atomic E-state index is -1.62. The molecule has 0 saturated carbocycles. The molecule has 4 N–H and O–H groups in total. The Morgan fingerprint density at radius 1 is 1.12 bits per heavy atom. The van der Waals surface area contributed by atoms with E-state index in [1.165, 1.54) is 0 Å². The maximum absolute atomic E-state index is 13.2. The summed E-state index contributed by atoms with van der Waals surface area (Å²) in [6, 6.07) is 15.8. The molecule has 1 fully saturated rings. The van der Waals surface area contributed by atoms with Crippen molar-refractivity contribution in [3.63, 3.8) is 0 Å². The molecule has 1 saturated heterocycles.